The van der Waals surface area contributed by atoms with E-state index < -0.39 is 0 Å². The van der Waals surface area contributed by atoms with Crippen molar-refractivity contribution in [1.82, 2.24) is 10.6 Å². The SMILES string of the molecule is CNC(C)CNC(=O)c1ccc(OCC2CCCO2)cc1. The predicted octanol–water partition coefficient (Wildman–Crippen LogP) is 1.58. The second-order valence-electron chi connectivity index (χ2n) is 5.37. The Morgan fingerprint density at radius 2 is 2.19 bits per heavy atom. The molecule has 0 radical (unpaired) electrons. The van der Waals surface area contributed by atoms with Gasteiger partial charge in [0.05, 0.1) is 6.10 Å². The maximum atomic E-state index is 11.9. The smallest absolute Gasteiger partial charge is 0.251 e. The molecule has 0 aliphatic carbocycles. The van der Waals surface area contributed by atoms with Crippen LogP contribution in [-0.2, 0) is 4.74 Å². The summed E-state index contributed by atoms with van der Waals surface area (Å²) in [4.78, 5) is 11.9. The Kier molecular flexibility index (Phi) is 6.02. The third-order valence-electron chi connectivity index (χ3n) is 3.64. The number of rotatable bonds is 7. The average molecular weight is 292 g/mol. The maximum absolute atomic E-state index is 11.9. The van der Waals surface area contributed by atoms with Crippen molar-refractivity contribution >= 4 is 5.91 Å². The zero-order valence-electron chi connectivity index (χ0n) is 12.7. The van der Waals surface area contributed by atoms with Crippen molar-refractivity contribution in [2.45, 2.75) is 31.9 Å². The first-order chi connectivity index (χ1) is 10.2. The molecule has 0 spiro atoms. The van der Waals surface area contributed by atoms with Gasteiger partial charge in [-0.25, -0.2) is 0 Å². The lowest BCUT2D eigenvalue weighted by Gasteiger charge is -2.13. The van der Waals surface area contributed by atoms with E-state index >= 15 is 0 Å². The van der Waals surface area contributed by atoms with Crippen LogP contribution >= 0.6 is 0 Å². The summed E-state index contributed by atoms with van der Waals surface area (Å²) in [6.07, 6.45) is 2.37. The van der Waals surface area contributed by atoms with Crippen molar-refractivity contribution in [1.29, 1.82) is 0 Å². The van der Waals surface area contributed by atoms with Crippen LogP contribution in [-0.4, -0.2) is 44.9 Å². The molecule has 2 unspecified atom stereocenters. The fourth-order valence-electron chi connectivity index (χ4n) is 2.12. The zero-order chi connectivity index (χ0) is 15.1. The normalized spacial score (nSPS) is 19.2. The molecular weight excluding hydrogens is 268 g/mol. The maximum Gasteiger partial charge on any atom is 0.251 e. The molecule has 1 amide bonds. The van der Waals surface area contributed by atoms with E-state index in [9.17, 15) is 4.79 Å². The molecule has 2 atom stereocenters. The number of benzene rings is 1. The first-order valence-corrected chi connectivity index (χ1v) is 7.49. The summed E-state index contributed by atoms with van der Waals surface area (Å²) in [7, 11) is 1.87. The van der Waals surface area contributed by atoms with Gasteiger partial charge in [-0.3, -0.25) is 4.79 Å². The summed E-state index contributed by atoms with van der Waals surface area (Å²) in [6.45, 7) is 4.03. The minimum Gasteiger partial charge on any atom is -0.491 e. The van der Waals surface area contributed by atoms with E-state index in [0.717, 1.165) is 25.2 Å². The standard InChI is InChI=1S/C16H24N2O3/c1-12(17-2)10-18-16(19)13-5-7-14(8-6-13)21-11-15-4-3-9-20-15/h5-8,12,15,17H,3-4,9-11H2,1-2H3,(H,18,19). The minimum absolute atomic E-state index is 0.0669. The van der Waals surface area contributed by atoms with Gasteiger partial charge in [0.25, 0.3) is 5.91 Å². The molecule has 1 saturated heterocycles. The topological polar surface area (TPSA) is 59.6 Å². The molecule has 0 saturated carbocycles. The van der Waals surface area contributed by atoms with Crippen LogP contribution in [0, 0.1) is 0 Å². The van der Waals surface area contributed by atoms with Crippen molar-refractivity contribution < 1.29 is 14.3 Å². The molecule has 116 valence electrons. The number of ether oxygens (including phenoxy) is 2. The lowest BCUT2D eigenvalue weighted by molar-refractivity contribution is 0.0679. The largest absolute Gasteiger partial charge is 0.491 e. The van der Waals surface area contributed by atoms with Gasteiger partial charge in [0.2, 0.25) is 0 Å². The van der Waals surface area contributed by atoms with Gasteiger partial charge in [0, 0.05) is 24.8 Å². The van der Waals surface area contributed by atoms with Gasteiger partial charge in [-0.1, -0.05) is 0 Å². The number of carbonyl (C=O) groups is 1. The van der Waals surface area contributed by atoms with Crippen molar-refractivity contribution in [3.8, 4) is 5.75 Å². The molecular formula is C16H24N2O3. The number of nitrogens with one attached hydrogen (secondary N) is 2. The van der Waals surface area contributed by atoms with Crippen LogP contribution in [0.2, 0.25) is 0 Å². The van der Waals surface area contributed by atoms with E-state index in [1.54, 1.807) is 12.1 Å². The summed E-state index contributed by atoms with van der Waals surface area (Å²) in [5.74, 6) is 0.702. The third kappa shape index (κ3) is 5.02. The van der Waals surface area contributed by atoms with Crippen LogP contribution in [0.1, 0.15) is 30.1 Å². The third-order valence-corrected chi connectivity index (χ3v) is 3.64. The van der Waals surface area contributed by atoms with Gasteiger partial charge in [0.15, 0.2) is 0 Å². The monoisotopic (exact) mass is 292 g/mol. The van der Waals surface area contributed by atoms with Gasteiger partial charge < -0.3 is 20.1 Å². The summed E-state index contributed by atoms with van der Waals surface area (Å²) in [5.41, 5.74) is 0.641. The second-order valence-corrected chi connectivity index (χ2v) is 5.37. The second kappa shape index (κ2) is 8.00. The Bertz CT molecular complexity index is 441. The number of amides is 1. The van der Waals surface area contributed by atoms with Crippen molar-refractivity contribution in [2.75, 3.05) is 26.8 Å². The highest BCUT2D eigenvalue weighted by Crippen LogP contribution is 2.16. The highest BCUT2D eigenvalue weighted by Gasteiger charge is 2.16. The molecule has 1 aliphatic heterocycles. The van der Waals surface area contributed by atoms with Crippen molar-refractivity contribution in [2.24, 2.45) is 0 Å². The van der Waals surface area contributed by atoms with Gasteiger partial charge >= 0.3 is 0 Å². The lowest BCUT2D eigenvalue weighted by Crippen LogP contribution is -2.37. The Labute approximate surface area is 126 Å². The average Bonchev–Trinajstić information content (AvgIpc) is 3.04. The van der Waals surface area contributed by atoms with Crippen LogP contribution in [0.25, 0.3) is 0 Å². The molecule has 0 aromatic heterocycles. The highest BCUT2D eigenvalue weighted by molar-refractivity contribution is 5.94. The van der Waals surface area contributed by atoms with Gasteiger partial charge in [-0.15, -0.1) is 0 Å². The Hall–Kier alpha value is -1.59. The lowest BCUT2D eigenvalue weighted by atomic mass is 10.2. The summed E-state index contributed by atoms with van der Waals surface area (Å²) in [5, 5.41) is 5.96. The van der Waals surface area contributed by atoms with E-state index in [2.05, 4.69) is 10.6 Å². The van der Waals surface area contributed by atoms with Crippen LogP contribution in [0.5, 0.6) is 5.75 Å². The zero-order valence-corrected chi connectivity index (χ0v) is 12.7. The fraction of sp³-hybridized carbons (Fsp3) is 0.562. The number of hydrogen-bond donors (Lipinski definition) is 2. The van der Waals surface area contributed by atoms with Gasteiger partial charge in [-0.05, 0) is 51.1 Å². The quantitative estimate of drug-likeness (QED) is 0.801. The minimum atomic E-state index is -0.0669. The molecule has 2 rings (SSSR count). The Morgan fingerprint density at radius 1 is 1.43 bits per heavy atom. The molecule has 1 aromatic carbocycles. The molecule has 0 bridgehead atoms. The molecule has 5 nitrogen and oxygen atoms in total. The summed E-state index contributed by atoms with van der Waals surface area (Å²) >= 11 is 0. The van der Waals surface area contributed by atoms with Crippen LogP contribution in [0.3, 0.4) is 0 Å². The summed E-state index contributed by atoms with van der Waals surface area (Å²) in [6, 6.07) is 7.47. The molecule has 1 aromatic rings. The first-order valence-electron chi connectivity index (χ1n) is 7.49. The Balaban J connectivity index is 1.79. The van der Waals surface area contributed by atoms with E-state index in [1.165, 1.54) is 0 Å². The van der Waals surface area contributed by atoms with Crippen LogP contribution in [0.15, 0.2) is 24.3 Å². The molecule has 5 heteroatoms. The molecule has 1 fully saturated rings. The molecule has 21 heavy (non-hydrogen) atoms. The fourth-order valence-corrected chi connectivity index (χ4v) is 2.12. The van der Waals surface area contributed by atoms with E-state index in [1.807, 2.05) is 26.1 Å². The first kappa shape index (κ1) is 15.8. The van der Waals surface area contributed by atoms with E-state index in [-0.39, 0.29) is 18.1 Å². The van der Waals surface area contributed by atoms with E-state index in [4.69, 9.17) is 9.47 Å². The van der Waals surface area contributed by atoms with Crippen LogP contribution < -0.4 is 15.4 Å². The Morgan fingerprint density at radius 3 is 2.81 bits per heavy atom. The van der Waals surface area contributed by atoms with Gasteiger partial charge in [-0.2, -0.15) is 0 Å². The van der Waals surface area contributed by atoms with Crippen molar-refractivity contribution in [3.63, 3.8) is 0 Å². The molecule has 1 aliphatic rings. The number of carbonyl (C=O) groups excluding carboxylic acids is 1. The molecule has 2 N–H and O–H groups in total. The highest BCUT2D eigenvalue weighted by atomic mass is 16.5. The van der Waals surface area contributed by atoms with Crippen molar-refractivity contribution in [3.05, 3.63) is 29.8 Å². The number of likely N-dealkylation sites (N-methyl/N-ethyl adjacent to an activating group) is 1. The molecule has 1 heterocycles. The van der Waals surface area contributed by atoms with E-state index in [0.29, 0.717) is 18.7 Å². The summed E-state index contributed by atoms with van der Waals surface area (Å²) < 4.78 is 11.2. The van der Waals surface area contributed by atoms with Gasteiger partial charge in [0.1, 0.15) is 12.4 Å². The predicted molar refractivity (Wildman–Crippen MR) is 81.8 cm³/mol. The van der Waals surface area contributed by atoms with Crippen LogP contribution in [0.4, 0.5) is 0 Å². The number of hydrogen-bond acceptors (Lipinski definition) is 4.